The Bertz CT molecular complexity index is 864. The van der Waals surface area contributed by atoms with Gasteiger partial charge in [0.15, 0.2) is 0 Å². The summed E-state index contributed by atoms with van der Waals surface area (Å²) in [6, 6.07) is 12.7. The van der Waals surface area contributed by atoms with E-state index in [2.05, 4.69) is 22.0 Å². The second-order valence-electron chi connectivity index (χ2n) is 6.78. The Balaban J connectivity index is 1.56. The van der Waals surface area contributed by atoms with Gasteiger partial charge >= 0.3 is 5.97 Å². The molecule has 0 bridgehead atoms. The van der Waals surface area contributed by atoms with Gasteiger partial charge in [-0.3, -0.25) is 9.69 Å². The number of nitrogens with zero attached hydrogens (tertiary/aromatic N) is 2. The monoisotopic (exact) mass is 401 g/mol. The summed E-state index contributed by atoms with van der Waals surface area (Å²) < 4.78 is 4.76. The van der Waals surface area contributed by atoms with E-state index in [0.717, 1.165) is 36.9 Å². The minimum absolute atomic E-state index is 0.149. The lowest BCUT2D eigenvalue weighted by atomic mass is 10.1. The highest BCUT2D eigenvalue weighted by Crippen LogP contribution is 2.25. The first kappa shape index (κ1) is 20.2. The van der Waals surface area contributed by atoms with Crippen molar-refractivity contribution in [2.45, 2.75) is 6.92 Å². The van der Waals surface area contributed by atoms with Crippen molar-refractivity contribution in [2.24, 2.45) is 0 Å². The van der Waals surface area contributed by atoms with E-state index in [1.165, 1.54) is 12.7 Å². The molecule has 1 heterocycles. The molecule has 1 aliphatic rings. The van der Waals surface area contributed by atoms with Crippen molar-refractivity contribution in [1.82, 2.24) is 4.90 Å². The maximum Gasteiger partial charge on any atom is 0.339 e. The van der Waals surface area contributed by atoms with E-state index in [1.807, 2.05) is 18.2 Å². The third-order valence-corrected chi connectivity index (χ3v) is 5.09. The van der Waals surface area contributed by atoms with E-state index in [1.54, 1.807) is 24.3 Å². The lowest BCUT2D eigenvalue weighted by Gasteiger charge is -2.36. The Labute approximate surface area is 170 Å². The lowest BCUT2D eigenvalue weighted by molar-refractivity contribution is -0.117. The van der Waals surface area contributed by atoms with E-state index in [4.69, 9.17) is 16.3 Å². The lowest BCUT2D eigenvalue weighted by Crippen LogP contribution is -2.48. The molecule has 148 valence electrons. The number of ether oxygens (including phenoxy) is 1. The molecule has 1 amide bonds. The first-order chi connectivity index (χ1) is 13.5. The summed E-state index contributed by atoms with van der Waals surface area (Å²) in [5.41, 5.74) is 3.14. The molecule has 0 aromatic heterocycles. The van der Waals surface area contributed by atoms with E-state index >= 15 is 0 Å². The van der Waals surface area contributed by atoms with E-state index in [-0.39, 0.29) is 12.5 Å². The smallest absolute Gasteiger partial charge is 0.339 e. The third kappa shape index (κ3) is 4.82. The number of benzene rings is 2. The predicted octanol–water partition coefficient (Wildman–Crippen LogP) is 3.20. The Morgan fingerprint density at radius 3 is 2.54 bits per heavy atom. The fourth-order valence-electron chi connectivity index (χ4n) is 3.34. The van der Waals surface area contributed by atoms with Crippen LogP contribution in [-0.4, -0.2) is 56.6 Å². The molecule has 0 atom stereocenters. The van der Waals surface area contributed by atoms with Crippen LogP contribution in [0.25, 0.3) is 0 Å². The molecular formula is C21H24ClN3O3. The number of para-hydroxylation sites is 1. The molecule has 1 N–H and O–H groups in total. The van der Waals surface area contributed by atoms with Gasteiger partial charge in [-0.25, -0.2) is 4.79 Å². The number of aryl methyl sites for hydroxylation is 1. The zero-order valence-corrected chi connectivity index (χ0v) is 16.8. The highest BCUT2D eigenvalue weighted by atomic mass is 35.5. The number of esters is 1. The molecule has 0 aliphatic carbocycles. The van der Waals surface area contributed by atoms with Crippen LogP contribution in [0.3, 0.4) is 0 Å². The summed E-state index contributed by atoms with van der Waals surface area (Å²) in [7, 11) is 1.32. The number of nitrogens with one attached hydrogen (secondary N) is 1. The van der Waals surface area contributed by atoms with Gasteiger partial charge in [0.25, 0.3) is 0 Å². The molecule has 0 radical (unpaired) electrons. The molecule has 3 rings (SSSR count). The Hall–Kier alpha value is -2.57. The maximum atomic E-state index is 12.5. The summed E-state index contributed by atoms with van der Waals surface area (Å²) >= 11 is 6.13. The van der Waals surface area contributed by atoms with Crippen LogP contribution < -0.4 is 10.2 Å². The van der Waals surface area contributed by atoms with Gasteiger partial charge in [0, 0.05) is 36.9 Å². The fraction of sp³-hybridized carbons (Fsp3) is 0.333. The number of hydrogen-bond acceptors (Lipinski definition) is 5. The number of amides is 1. The van der Waals surface area contributed by atoms with Crippen molar-refractivity contribution in [3.63, 3.8) is 0 Å². The van der Waals surface area contributed by atoms with Crippen LogP contribution in [0.15, 0.2) is 42.5 Å². The molecule has 0 unspecified atom stereocenters. The van der Waals surface area contributed by atoms with Gasteiger partial charge in [-0.15, -0.1) is 0 Å². The molecule has 7 heteroatoms. The number of rotatable bonds is 5. The average Bonchev–Trinajstić information content (AvgIpc) is 2.70. The SMILES string of the molecule is COC(=O)c1ccccc1NC(=O)CN1CCN(c2cc(Cl)ccc2C)CC1. The first-order valence-corrected chi connectivity index (χ1v) is 9.56. The van der Waals surface area contributed by atoms with Crippen LogP contribution in [0.1, 0.15) is 15.9 Å². The Morgan fingerprint density at radius 1 is 1.11 bits per heavy atom. The molecule has 2 aromatic rings. The van der Waals surface area contributed by atoms with Crippen LogP contribution in [0.4, 0.5) is 11.4 Å². The molecule has 0 saturated carbocycles. The van der Waals surface area contributed by atoms with E-state index < -0.39 is 5.97 Å². The number of piperazine rings is 1. The fourth-order valence-corrected chi connectivity index (χ4v) is 3.51. The number of hydrogen-bond donors (Lipinski definition) is 1. The van der Waals surface area contributed by atoms with Crippen molar-refractivity contribution in [3.8, 4) is 0 Å². The molecule has 1 aliphatic heterocycles. The van der Waals surface area contributed by atoms with Crippen LogP contribution in [0.5, 0.6) is 0 Å². The molecule has 6 nitrogen and oxygen atoms in total. The number of carbonyl (C=O) groups excluding carboxylic acids is 2. The van der Waals surface area contributed by atoms with Gasteiger partial charge in [-0.1, -0.05) is 29.8 Å². The number of methoxy groups -OCH3 is 1. The van der Waals surface area contributed by atoms with Crippen LogP contribution >= 0.6 is 11.6 Å². The van der Waals surface area contributed by atoms with Gasteiger partial charge in [0.2, 0.25) is 5.91 Å². The highest BCUT2D eigenvalue weighted by molar-refractivity contribution is 6.30. The molecule has 28 heavy (non-hydrogen) atoms. The van der Waals surface area contributed by atoms with Gasteiger partial charge in [-0.2, -0.15) is 0 Å². The highest BCUT2D eigenvalue weighted by Gasteiger charge is 2.21. The van der Waals surface area contributed by atoms with Crippen LogP contribution in [0.2, 0.25) is 5.02 Å². The molecule has 1 saturated heterocycles. The summed E-state index contributed by atoms with van der Waals surface area (Å²) in [5, 5.41) is 3.55. The minimum Gasteiger partial charge on any atom is -0.465 e. The second kappa shape index (κ2) is 9.08. The van der Waals surface area contributed by atoms with Crippen molar-refractivity contribution >= 4 is 34.9 Å². The van der Waals surface area contributed by atoms with Crippen molar-refractivity contribution in [1.29, 1.82) is 0 Å². The van der Waals surface area contributed by atoms with Gasteiger partial charge in [0.05, 0.1) is 24.9 Å². The number of halogens is 1. The van der Waals surface area contributed by atoms with Crippen LogP contribution in [0, 0.1) is 6.92 Å². The predicted molar refractivity (Wildman–Crippen MR) is 111 cm³/mol. The van der Waals surface area contributed by atoms with Gasteiger partial charge in [-0.05, 0) is 36.8 Å². The first-order valence-electron chi connectivity index (χ1n) is 9.18. The summed E-state index contributed by atoms with van der Waals surface area (Å²) in [6.45, 7) is 5.55. The topological polar surface area (TPSA) is 61.9 Å². The normalized spacial score (nSPS) is 14.6. The largest absolute Gasteiger partial charge is 0.465 e. The zero-order valence-electron chi connectivity index (χ0n) is 16.1. The summed E-state index contributed by atoms with van der Waals surface area (Å²) in [5.74, 6) is -0.620. The van der Waals surface area contributed by atoms with Gasteiger partial charge in [0.1, 0.15) is 0 Å². The third-order valence-electron chi connectivity index (χ3n) is 4.86. The zero-order chi connectivity index (χ0) is 20.1. The summed E-state index contributed by atoms with van der Waals surface area (Å²) in [4.78, 5) is 28.7. The van der Waals surface area contributed by atoms with Gasteiger partial charge < -0.3 is 15.0 Å². The second-order valence-corrected chi connectivity index (χ2v) is 7.22. The summed E-state index contributed by atoms with van der Waals surface area (Å²) in [6.07, 6.45) is 0. The quantitative estimate of drug-likeness (QED) is 0.779. The standard InChI is InChI=1S/C21H24ClN3O3/c1-15-7-8-16(22)13-19(15)25-11-9-24(10-12-25)14-20(26)23-18-6-4-3-5-17(18)21(27)28-2/h3-8,13H,9-12,14H2,1-2H3,(H,23,26). The van der Waals surface area contributed by atoms with E-state index in [0.29, 0.717) is 11.3 Å². The molecule has 2 aromatic carbocycles. The van der Waals surface area contributed by atoms with Crippen molar-refractivity contribution in [3.05, 3.63) is 58.6 Å². The number of anilines is 2. The molecular weight excluding hydrogens is 378 g/mol. The average molecular weight is 402 g/mol. The van der Waals surface area contributed by atoms with E-state index in [9.17, 15) is 9.59 Å². The molecule has 0 spiro atoms. The van der Waals surface area contributed by atoms with Crippen molar-refractivity contribution < 1.29 is 14.3 Å². The molecule has 1 fully saturated rings. The minimum atomic E-state index is -0.471. The Morgan fingerprint density at radius 2 is 1.82 bits per heavy atom. The van der Waals surface area contributed by atoms with Crippen molar-refractivity contribution in [2.75, 3.05) is 50.1 Å². The maximum absolute atomic E-state index is 12.5. The number of carbonyl (C=O) groups is 2. The Kier molecular flexibility index (Phi) is 6.54. The van der Waals surface area contributed by atoms with Crippen LogP contribution in [-0.2, 0) is 9.53 Å².